The lowest BCUT2D eigenvalue weighted by Gasteiger charge is -2.27. The van der Waals surface area contributed by atoms with Gasteiger partial charge in [-0.05, 0) is 36.2 Å². The number of hydrogen-bond donors (Lipinski definition) is 2. The molecule has 162 valence electrons. The molecule has 0 aliphatic carbocycles. The summed E-state index contributed by atoms with van der Waals surface area (Å²) in [5.41, 5.74) is -0.765. The third kappa shape index (κ3) is 4.52. The Balaban J connectivity index is 1.77. The van der Waals surface area contributed by atoms with Crippen molar-refractivity contribution in [3.05, 3.63) is 70.0 Å². The van der Waals surface area contributed by atoms with E-state index in [2.05, 4.69) is 10.6 Å². The van der Waals surface area contributed by atoms with Gasteiger partial charge in [-0.2, -0.15) is 0 Å². The Hall–Kier alpha value is -3.82. The van der Waals surface area contributed by atoms with Crippen LogP contribution in [0.5, 0.6) is 0 Å². The lowest BCUT2D eigenvalue weighted by atomic mass is 9.85. The number of nitro benzene ring substituents is 1. The summed E-state index contributed by atoms with van der Waals surface area (Å²) >= 11 is 0. The zero-order chi connectivity index (χ0) is 22.6. The maximum absolute atomic E-state index is 13.4. The molecule has 0 aromatic heterocycles. The molecule has 1 fully saturated rings. The molecular weight excluding hydrogens is 407 g/mol. The molecule has 1 atom stereocenters. The fraction of sp³-hybridized carbons (Fsp3) is 0.286. The minimum Gasteiger partial charge on any atom is -0.325 e. The van der Waals surface area contributed by atoms with Gasteiger partial charge in [-0.25, -0.2) is 9.18 Å². The van der Waals surface area contributed by atoms with Crippen LogP contribution in [0.2, 0.25) is 0 Å². The van der Waals surface area contributed by atoms with Gasteiger partial charge < -0.3 is 10.6 Å². The number of nitro groups is 1. The summed E-state index contributed by atoms with van der Waals surface area (Å²) in [4.78, 5) is 49.2. The summed E-state index contributed by atoms with van der Waals surface area (Å²) in [7, 11) is 0. The maximum Gasteiger partial charge on any atom is 0.325 e. The molecule has 1 saturated heterocycles. The van der Waals surface area contributed by atoms with E-state index < -0.39 is 40.7 Å². The van der Waals surface area contributed by atoms with Crippen LogP contribution >= 0.6 is 0 Å². The van der Waals surface area contributed by atoms with Crippen LogP contribution in [0.25, 0.3) is 0 Å². The Morgan fingerprint density at radius 1 is 1.16 bits per heavy atom. The molecule has 9 nitrogen and oxygen atoms in total. The highest BCUT2D eigenvalue weighted by atomic mass is 19.1. The standard InChI is InChI=1S/C21H21FN4O5/c1-2-3-12-21(14-4-6-15(22)7-5-14)19(28)25(20(29)24-21)13-18(27)23-16-8-10-17(11-9-16)26(30)31/h4-11H,2-3,12-13H2,1H3,(H,23,27)(H,24,29). The first kappa shape index (κ1) is 21.9. The normalized spacial score (nSPS) is 18.1. The number of urea groups is 1. The van der Waals surface area contributed by atoms with Gasteiger partial charge in [-0.15, -0.1) is 0 Å². The molecule has 4 amide bonds. The van der Waals surface area contributed by atoms with Gasteiger partial charge in [-0.3, -0.25) is 24.6 Å². The van der Waals surface area contributed by atoms with Crippen LogP contribution in [0.15, 0.2) is 48.5 Å². The fourth-order valence-electron chi connectivity index (χ4n) is 3.47. The molecule has 0 saturated carbocycles. The first-order chi connectivity index (χ1) is 14.8. The number of nitrogens with one attached hydrogen (secondary N) is 2. The predicted molar refractivity (Wildman–Crippen MR) is 110 cm³/mol. The summed E-state index contributed by atoms with van der Waals surface area (Å²) in [6.07, 6.45) is 1.71. The molecule has 1 aliphatic rings. The van der Waals surface area contributed by atoms with Crippen molar-refractivity contribution in [1.29, 1.82) is 0 Å². The largest absolute Gasteiger partial charge is 0.325 e. The quantitative estimate of drug-likeness (QED) is 0.380. The van der Waals surface area contributed by atoms with Gasteiger partial charge in [0, 0.05) is 17.8 Å². The Bertz CT molecular complexity index is 1010. The van der Waals surface area contributed by atoms with E-state index >= 15 is 0 Å². The topological polar surface area (TPSA) is 122 Å². The monoisotopic (exact) mass is 428 g/mol. The molecule has 2 aromatic carbocycles. The molecule has 0 bridgehead atoms. The SMILES string of the molecule is CCCCC1(c2ccc(F)cc2)NC(=O)N(CC(=O)Nc2ccc([N+](=O)[O-])cc2)C1=O. The van der Waals surface area contributed by atoms with E-state index in [4.69, 9.17) is 0 Å². The highest BCUT2D eigenvalue weighted by Crippen LogP contribution is 2.34. The molecular formula is C21H21FN4O5. The highest BCUT2D eigenvalue weighted by Gasteiger charge is 2.52. The Kier molecular flexibility index (Phi) is 6.28. The smallest absolute Gasteiger partial charge is 0.325 e. The second kappa shape index (κ2) is 8.90. The van der Waals surface area contributed by atoms with Crippen molar-refractivity contribution in [2.75, 3.05) is 11.9 Å². The third-order valence-corrected chi connectivity index (χ3v) is 5.08. The molecule has 1 aliphatic heterocycles. The number of unbranched alkanes of at least 4 members (excludes halogenated alkanes) is 1. The zero-order valence-electron chi connectivity index (χ0n) is 16.8. The average Bonchev–Trinajstić information content (AvgIpc) is 2.98. The zero-order valence-corrected chi connectivity index (χ0v) is 16.8. The Labute approximate surface area is 177 Å². The van der Waals surface area contributed by atoms with E-state index in [1.165, 1.54) is 48.5 Å². The minimum atomic E-state index is -1.37. The highest BCUT2D eigenvalue weighted by molar-refractivity contribution is 6.10. The number of hydrogen-bond acceptors (Lipinski definition) is 5. The number of halogens is 1. The fourth-order valence-corrected chi connectivity index (χ4v) is 3.47. The van der Waals surface area contributed by atoms with Crippen molar-refractivity contribution in [3.63, 3.8) is 0 Å². The number of carbonyl (C=O) groups excluding carboxylic acids is 3. The van der Waals surface area contributed by atoms with Crippen LogP contribution in [0.3, 0.4) is 0 Å². The van der Waals surface area contributed by atoms with Crippen LogP contribution in [0.1, 0.15) is 31.7 Å². The van der Waals surface area contributed by atoms with E-state index in [1.807, 2.05) is 6.92 Å². The van der Waals surface area contributed by atoms with Gasteiger partial charge in [0.1, 0.15) is 17.9 Å². The summed E-state index contributed by atoms with van der Waals surface area (Å²) < 4.78 is 13.4. The van der Waals surface area contributed by atoms with E-state index in [0.29, 0.717) is 24.1 Å². The number of amides is 4. The van der Waals surface area contributed by atoms with Crippen LogP contribution in [0, 0.1) is 15.9 Å². The van der Waals surface area contributed by atoms with Crippen molar-refractivity contribution in [3.8, 4) is 0 Å². The Morgan fingerprint density at radius 2 is 1.81 bits per heavy atom. The van der Waals surface area contributed by atoms with Crippen molar-refractivity contribution < 1.29 is 23.7 Å². The van der Waals surface area contributed by atoms with Gasteiger partial charge in [0.15, 0.2) is 0 Å². The number of nitrogens with zero attached hydrogens (tertiary/aromatic N) is 2. The molecule has 2 aromatic rings. The summed E-state index contributed by atoms with van der Waals surface area (Å²) in [5.74, 6) is -1.69. The molecule has 1 unspecified atom stereocenters. The van der Waals surface area contributed by atoms with Crippen molar-refractivity contribution in [2.24, 2.45) is 0 Å². The number of imide groups is 1. The maximum atomic E-state index is 13.4. The van der Waals surface area contributed by atoms with Gasteiger partial charge in [0.05, 0.1) is 4.92 Å². The van der Waals surface area contributed by atoms with Gasteiger partial charge in [0.25, 0.3) is 11.6 Å². The predicted octanol–water partition coefficient (Wildman–Crippen LogP) is 3.31. The van der Waals surface area contributed by atoms with E-state index in [1.54, 1.807) is 0 Å². The molecule has 3 rings (SSSR count). The van der Waals surface area contributed by atoms with E-state index in [9.17, 15) is 28.9 Å². The van der Waals surface area contributed by atoms with Crippen molar-refractivity contribution in [1.82, 2.24) is 10.2 Å². The van der Waals surface area contributed by atoms with Gasteiger partial charge in [0.2, 0.25) is 5.91 Å². The van der Waals surface area contributed by atoms with Crippen LogP contribution in [-0.4, -0.2) is 34.2 Å². The van der Waals surface area contributed by atoms with Crippen LogP contribution in [-0.2, 0) is 15.1 Å². The second-order valence-electron chi connectivity index (χ2n) is 7.19. The van der Waals surface area contributed by atoms with Crippen molar-refractivity contribution >= 4 is 29.2 Å². The third-order valence-electron chi connectivity index (χ3n) is 5.08. The molecule has 10 heteroatoms. The summed E-state index contributed by atoms with van der Waals surface area (Å²) in [5, 5.41) is 15.9. The van der Waals surface area contributed by atoms with Gasteiger partial charge >= 0.3 is 6.03 Å². The molecule has 1 heterocycles. The second-order valence-corrected chi connectivity index (χ2v) is 7.19. The Morgan fingerprint density at radius 3 is 2.39 bits per heavy atom. The number of non-ortho nitro benzene ring substituents is 1. The summed E-state index contributed by atoms with van der Waals surface area (Å²) in [6.45, 7) is 1.41. The van der Waals surface area contributed by atoms with Gasteiger partial charge in [-0.1, -0.05) is 31.9 Å². The number of anilines is 1. The summed E-state index contributed by atoms with van der Waals surface area (Å²) in [6, 6.07) is 9.77. The lowest BCUT2D eigenvalue weighted by molar-refractivity contribution is -0.384. The molecule has 0 spiro atoms. The van der Waals surface area contributed by atoms with E-state index in [0.717, 1.165) is 11.3 Å². The number of benzene rings is 2. The van der Waals surface area contributed by atoms with Crippen LogP contribution < -0.4 is 10.6 Å². The first-order valence-electron chi connectivity index (χ1n) is 9.71. The average molecular weight is 428 g/mol. The van der Waals surface area contributed by atoms with Crippen molar-refractivity contribution in [2.45, 2.75) is 31.7 Å². The number of carbonyl (C=O) groups is 3. The van der Waals surface area contributed by atoms with E-state index in [-0.39, 0.29) is 5.69 Å². The number of rotatable bonds is 8. The molecule has 2 N–H and O–H groups in total. The first-order valence-corrected chi connectivity index (χ1v) is 9.71. The van der Waals surface area contributed by atoms with Crippen LogP contribution in [0.4, 0.5) is 20.6 Å². The minimum absolute atomic E-state index is 0.132. The molecule has 31 heavy (non-hydrogen) atoms. The lowest BCUT2D eigenvalue weighted by Crippen LogP contribution is -2.44. The molecule has 0 radical (unpaired) electrons.